The van der Waals surface area contributed by atoms with E-state index in [0.717, 1.165) is 6.54 Å². The molecule has 0 spiro atoms. The van der Waals surface area contributed by atoms with Crippen molar-refractivity contribution >= 4 is 24.0 Å². The summed E-state index contributed by atoms with van der Waals surface area (Å²) in [7, 11) is 0. The van der Waals surface area contributed by atoms with Crippen molar-refractivity contribution in [2.45, 2.75) is 6.92 Å². The van der Waals surface area contributed by atoms with E-state index in [-0.39, 0.29) is 24.0 Å². The minimum Gasteiger partial charge on any atom is -0.387 e. The SMILES string of the molecule is CC1=CCNC=C1.I. The Morgan fingerprint density at radius 1 is 1.62 bits per heavy atom. The molecule has 1 aliphatic heterocycles. The third-order valence-corrected chi connectivity index (χ3v) is 1.01. The van der Waals surface area contributed by atoms with Gasteiger partial charge in [0.25, 0.3) is 0 Å². The van der Waals surface area contributed by atoms with Crippen LogP contribution in [0.15, 0.2) is 23.9 Å². The van der Waals surface area contributed by atoms with Gasteiger partial charge in [0.05, 0.1) is 0 Å². The van der Waals surface area contributed by atoms with E-state index >= 15 is 0 Å². The predicted molar refractivity (Wildman–Crippen MR) is 46.3 cm³/mol. The number of nitrogens with one attached hydrogen (secondary N) is 1. The largest absolute Gasteiger partial charge is 0.387 e. The van der Waals surface area contributed by atoms with Crippen LogP contribution in [0, 0.1) is 0 Å². The minimum atomic E-state index is 0. The molecule has 0 amide bonds. The Labute approximate surface area is 66.9 Å². The molecular formula is C6H10IN. The highest BCUT2D eigenvalue weighted by Gasteiger charge is 1.84. The number of rotatable bonds is 0. The quantitative estimate of drug-likeness (QED) is 0.616. The highest BCUT2D eigenvalue weighted by atomic mass is 127. The van der Waals surface area contributed by atoms with Crippen LogP contribution < -0.4 is 5.32 Å². The first-order valence-corrected chi connectivity index (χ1v) is 2.46. The van der Waals surface area contributed by atoms with Crippen LogP contribution in [0.2, 0.25) is 0 Å². The van der Waals surface area contributed by atoms with Gasteiger partial charge in [0.1, 0.15) is 0 Å². The van der Waals surface area contributed by atoms with Gasteiger partial charge in [0, 0.05) is 6.54 Å². The molecule has 1 rings (SSSR count). The minimum absolute atomic E-state index is 0. The highest BCUT2D eigenvalue weighted by Crippen LogP contribution is 1.95. The average molecular weight is 223 g/mol. The molecule has 0 atom stereocenters. The molecule has 1 N–H and O–H groups in total. The molecule has 0 bridgehead atoms. The molecule has 0 radical (unpaired) electrons. The number of hydrogen-bond donors (Lipinski definition) is 1. The molecule has 0 aromatic rings. The Kier molecular flexibility index (Phi) is 3.95. The summed E-state index contributed by atoms with van der Waals surface area (Å²) in [5, 5.41) is 3.06. The van der Waals surface area contributed by atoms with E-state index in [0.29, 0.717) is 0 Å². The lowest BCUT2D eigenvalue weighted by molar-refractivity contribution is 0.958. The second kappa shape index (κ2) is 3.95. The topological polar surface area (TPSA) is 12.0 Å². The molecule has 0 unspecified atom stereocenters. The predicted octanol–water partition coefficient (Wildman–Crippen LogP) is 1.67. The van der Waals surface area contributed by atoms with E-state index in [4.69, 9.17) is 0 Å². The van der Waals surface area contributed by atoms with Gasteiger partial charge in [-0.05, 0) is 19.2 Å². The van der Waals surface area contributed by atoms with Crippen molar-refractivity contribution in [1.29, 1.82) is 0 Å². The first kappa shape index (κ1) is 8.01. The zero-order valence-electron chi connectivity index (χ0n) is 4.85. The van der Waals surface area contributed by atoms with Crippen molar-refractivity contribution in [3.8, 4) is 0 Å². The van der Waals surface area contributed by atoms with Crippen molar-refractivity contribution in [2.24, 2.45) is 0 Å². The number of allylic oxidation sites excluding steroid dienone is 2. The maximum atomic E-state index is 3.06. The molecule has 0 aliphatic carbocycles. The van der Waals surface area contributed by atoms with Crippen LogP contribution in [0.3, 0.4) is 0 Å². The zero-order chi connectivity index (χ0) is 5.11. The van der Waals surface area contributed by atoms with Crippen LogP contribution in [-0.4, -0.2) is 6.54 Å². The molecule has 1 nitrogen and oxygen atoms in total. The van der Waals surface area contributed by atoms with Crippen LogP contribution in [0.25, 0.3) is 0 Å². The molecule has 0 saturated carbocycles. The fourth-order valence-corrected chi connectivity index (χ4v) is 0.546. The summed E-state index contributed by atoms with van der Waals surface area (Å²) in [4.78, 5) is 0. The van der Waals surface area contributed by atoms with E-state index in [2.05, 4.69) is 24.4 Å². The molecule has 0 saturated heterocycles. The molecule has 1 aliphatic rings. The van der Waals surface area contributed by atoms with Crippen LogP contribution >= 0.6 is 24.0 Å². The lowest BCUT2D eigenvalue weighted by atomic mass is 10.2. The van der Waals surface area contributed by atoms with Crippen molar-refractivity contribution in [3.05, 3.63) is 23.9 Å². The summed E-state index contributed by atoms with van der Waals surface area (Å²) >= 11 is 0. The molecule has 0 aromatic heterocycles. The Hall–Kier alpha value is 0.01000. The van der Waals surface area contributed by atoms with Gasteiger partial charge >= 0.3 is 0 Å². The fourth-order valence-electron chi connectivity index (χ4n) is 0.546. The maximum Gasteiger partial charge on any atom is 0.0330 e. The first-order chi connectivity index (χ1) is 3.39. The zero-order valence-corrected chi connectivity index (χ0v) is 7.18. The number of dihydropyridines is 1. The fraction of sp³-hybridized carbons (Fsp3) is 0.333. The summed E-state index contributed by atoms with van der Waals surface area (Å²) in [6.45, 7) is 3.08. The van der Waals surface area contributed by atoms with Gasteiger partial charge in [0.2, 0.25) is 0 Å². The van der Waals surface area contributed by atoms with Gasteiger partial charge in [0.15, 0.2) is 0 Å². The summed E-state index contributed by atoms with van der Waals surface area (Å²) in [6, 6.07) is 0. The Balaban J connectivity index is 0.000000490. The summed E-state index contributed by atoms with van der Waals surface area (Å²) in [6.07, 6.45) is 6.18. The third kappa shape index (κ3) is 2.35. The molecule has 2 heteroatoms. The lowest BCUT2D eigenvalue weighted by Gasteiger charge is -2.00. The van der Waals surface area contributed by atoms with Gasteiger partial charge in [-0.1, -0.05) is 11.6 Å². The molecule has 0 aromatic carbocycles. The smallest absolute Gasteiger partial charge is 0.0330 e. The maximum absolute atomic E-state index is 3.06. The second-order valence-corrected chi connectivity index (χ2v) is 1.69. The van der Waals surface area contributed by atoms with Crippen LogP contribution in [0.4, 0.5) is 0 Å². The Morgan fingerprint density at radius 2 is 2.38 bits per heavy atom. The average Bonchev–Trinajstić information content (AvgIpc) is 1.69. The molecule has 8 heavy (non-hydrogen) atoms. The molecule has 0 fully saturated rings. The Bertz CT molecular complexity index is 116. The van der Waals surface area contributed by atoms with Gasteiger partial charge in [-0.3, -0.25) is 0 Å². The highest BCUT2D eigenvalue weighted by molar-refractivity contribution is 14.0. The lowest BCUT2D eigenvalue weighted by Crippen LogP contribution is -2.07. The van der Waals surface area contributed by atoms with E-state index < -0.39 is 0 Å². The standard InChI is InChI=1S/C6H9N.HI/c1-6-2-4-7-5-3-6;/h2-4,7H,5H2,1H3;1H. The van der Waals surface area contributed by atoms with Crippen LogP contribution in [-0.2, 0) is 0 Å². The second-order valence-electron chi connectivity index (χ2n) is 1.69. The third-order valence-electron chi connectivity index (χ3n) is 1.01. The van der Waals surface area contributed by atoms with E-state index in [1.807, 2.05) is 6.20 Å². The number of hydrogen-bond acceptors (Lipinski definition) is 1. The van der Waals surface area contributed by atoms with Gasteiger partial charge in [-0.25, -0.2) is 0 Å². The van der Waals surface area contributed by atoms with E-state index in [1.165, 1.54) is 5.57 Å². The van der Waals surface area contributed by atoms with Crippen molar-refractivity contribution in [3.63, 3.8) is 0 Å². The summed E-state index contributed by atoms with van der Waals surface area (Å²) < 4.78 is 0. The van der Waals surface area contributed by atoms with E-state index in [9.17, 15) is 0 Å². The van der Waals surface area contributed by atoms with E-state index in [1.54, 1.807) is 0 Å². The normalized spacial score (nSPS) is 15.9. The van der Waals surface area contributed by atoms with Crippen LogP contribution in [0.5, 0.6) is 0 Å². The van der Waals surface area contributed by atoms with Crippen molar-refractivity contribution in [2.75, 3.05) is 6.54 Å². The van der Waals surface area contributed by atoms with Gasteiger partial charge in [-0.15, -0.1) is 24.0 Å². The summed E-state index contributed by atoms with van der Waals surface area (Å²) in [5.74, 6) is 0. The first-order valence-electron chi connectivity index (χ1n) is 2.46. The van der Waals surface area contributed by atoms with Crippen LogP contribution in [0.1, 0.15) is 6.92 Å². The summed E-state index contributed by atoms with van der Waals surface area (Å²) in [5.41, 5.74) is 1.35. The molecule has 1 heterocycles. The van der Waals surface area contributed by atoms with Crippen molar-refractivity contribution in [1.82, 2.24) is 5.32 Å². The van der Waals surface area contributed by atoms with Gasteiger partial charge < -0.3 is 5.32 Å². The molecular weight excluding hydrogens is 213 g/mol. The van der Waals surface area contributed by atoms with Crippen molar-refractivity contribution < 1.29 is 0 Å². The van der Waals surface area contributed by atoms with Gasteiger partial charge in [-0.2, -0.15) is 0 Å². The monoisotopic (exact) mass is 223 g/mol. The number of halogens is 1. The molecule has 46 valence electrons. The Morgan fingerprint density at radius 3 is 2.62 bits per heavy atom.